The van der Waals surface area contributed by atoms with Crippen molar-refractivity contribution in [1.29, 1.82) is 0 Å². The van der Waals surface area contributed by atoms with Crippen molar-refractivity contribution >= 4 is 16.9 Å². The highest BCUT2D eigenvalue weighted by molar-refractivity contribution is 6.05. The Morgan fingerprint density at radius 3 is 2.70 bits per heavy atom. The predicted octanol–water partition coefficient (Wildman–Crippen LogP) is 2.99. The molecule has 0 saturated carbocycles. The Balaban J connectivity index is 1.90. The van der Waals surface area contributed by atoms with Gasteiger partial charge >= 0.3 is 0 Å². The number of alkyl halides is 2. The molecule has 0 saturated heterocycles. The van der Waals surface area contributed by atoms with E-state index in [4.69, 9.17) is 0 Å². The maximum absolute atomic E-state index is 12.4. The largest absolute Gasteiger partial charge is 0.346 e. The van der Waals surface area contributed by atoms with Gasteiger partial charge in [-0.3, -0.25) is 19.7 Å². The lowest BCUT2D eigenvalue weighted by molar-refractivity contribution is 0.0893. The van der Waals surface area contributed by atoms with Gasteiger partial charge in [-0.15, -0.1) is 0 Å². The summed E-state index contributed by atoms with van der Waals surface area (Å²) in [5.41, 5.74) is 5.14. The van der Waals surface area contributed by atoms with E-state index in [1.54, 1.807) is 18.6 Å². The second-order valence-electron chi connectivity index (χ2n) is 6.51. The molecule has 0 bridgehead atoms. The Morgan fingerprint density at radius 2 is 2.00 bits per heavy atom. The third-order valence-corrected chi connectivity index (χ3v) is 4.27. The van der Waals surface area contributed by atoms with Crippen LogP contribution in [0.4, 0.5) is 8.78 Å². The molecule has 0 radical (unpaired) electrons. The van der Waals surface area contributed by atoms with Gasteiger partial charge in [0.15, 0.2) is 0 Å². The number of hydrogen-bond acceptors (Lipinski definition) is 4. The summed E-state index contributed by atoms with van der Waals surface area (Å²) >= 11 is 0. The van der Waals surface area contributed by atoms with Crippen LogP contribution in [0.3, 0.4) is 0 Å². The molecule has 3 heterocycles. The maximum Gasteiger partial charge on any atom is 0.255 e. The first-order valence-electron chi connectivity index (χ1n) is 8.66. The highest BCUT2D eigenvalue weighted by Crippen LogP contribution is 2.21. The van der Waals surface area contributed by atoms with Crippen molar-refractivity contribution in [1.82, 2.24) is 24.8 Å². The molecule has 0 unspecified atom stereocenters. The summed E-state index contributed by atoms with van der Waals surface area (Å²) in [5.74, 6) is -0.554. The smallest absolute Gasteiger partial charge is 0.255 e. The van der Waals surface area contributed by atoms with Crippen LogP contribution < -0.4 is 5.32 Å². The second-order valence-corrected chi connectivity index (χ2v) is 6.51. The molecule has 1 amide bonds. The van der Waals surface area contributed by atoms with Crippen molar-refractivity contribution in [2.45, 2.75) is 40.2 Å². The van der Waals surface area contributed by atoms with Gasteiger partial charge in [0.2, 0.25) is 0 Å². The molecule has 0 spiro atoms. The third kappa shape index (κ3) is 4.27. The summed E-state index contributed by atoms with van der Waals surface area (Å²) in [7, 11) is 0. The topological polar surface area (TPSA) is 72.7 Å². The fraction of sp³-hybridized carbons (Fsp3) is 0.368. The molecule has 6 nitrogen and oxygen atoms in total. The Morgan fingerprint density at radius 1 is 1.22 bits per heavy atom. The number of nitrogens with one attached hydrogen (secondary N) is 1. The number of fused-ring (bicyclic) bond motifs is 1. The molecule has 142 valence electrons. The first-order valence-corrected chi connectivity index (χ1v) is 8.66. The van der Waals surface area contributed by atoms with Crippen molar-refractivity contribution in [3.05, 3.63) is 52.9 Å². The monoisotopic (exact) mass is 373 g/mol. The Hall–Kier alpha value is -2.90. The van der Waals surface area contributed by atoms with Crippen LogP contribution in [0.25, 0.3) is 11.0 Å². The average Bonchev–Trinajstić information content (AvgIpc) is 2.97. The number of halogens is 2. The van der Waals surface area contributed by atoms with Gasteiger partial charge in [-0.2, -0.15) is 0 Å². The molecule has 8 heteroatoms. The number of amides is 1. The van der Waals surface area contributed by atoms with Gasteiger partial charge in [0.05, 0.1) is 34.7 Å². The molecule has 3 rings (SSSR count). The number of pyridine rings is 1. The van der Waals surface area contributed by atoms with Crippen molar-refractivity contribution in [2.24, 2.45) is 0 Å². The number of aryl methyl sites for hydroxylation is 5. The van der Waals surface area contributed by atoms with Crippen molar-refractivity contribution in [3.8, 4) is 0 Å². The van der Waals surface area contributed by atoms with Crippen molar-refractivity contribution in [3.63, 3.8) is 0 Å². The SMILES string of the molecule is Cc1cnc2c(C(=O)NCC(F)F)cn(CCc3ncc(C)nc3C)c2c1. The summed E-state index contributed by atoms with van der Waals surface area (Å²) in [6, 6.07) is 1.93. The van der Waals surface area contributed by atoms with E-state index in [1.165, 1.54) is 0 Å². The van der Waals surface area contributed by atoms with Crippen LogP contribution in [-0.4, -0.2) is 38.4 Å². The average molecular weight is 373 g/mol. The minimum atomic E-state index is -2.60. The van der Waals surface area contributed by atoms with E-state index in [0.29, 0.717) is 18.5 Å². The molecule has 0 aliphatic carbocycles. The number of nitrogens with zero attached hydrogens (tertiary/aromatic N) is 4. The fourth-order valence-electron chi connectivity index (χ4n) is 2.98. The number of carbonyl (C=O) groups excluding carboxylic acids is 1. The first kappa shape index (κ1) is 18.9. The lowest BCUT2D eigenvalue weighted by atomic mass is 10.2. The van der Waals surface area contributed by atoms with Gasteiger partial charge in [0, 0.05) is 31.6 Å². The lowest BCUT2D eigenvalue weighted by Gasteiger charge is -2.07. The minimum Gasteiger partial charge on any atom is -0.346 e. The maximum atomic E-state index is 12.4. The number of carbonyl (C=O) groups is 1. The summed E-state index contributed by atoms with van der Waals surface area (Å²) in [6.07, 6.45) is 3.08. The summed E-state index contributed by atoms with van der Waals surface area (Å²) in [5, 5.41) is 2.24. The second kappa shape index (κ2) is 7.77. The van der Waals surface area contributed by atoms with E-state index in [1.807, 2.05) is 31.4 Å². The highest BCUT2D eigenvalue weighted by atomic mass is 19.3. The molecule has 0 aromatic carbocycles. The summed E-state index contributed by atoms with van der Waals surface area (Å²) < 4.78 is 26.7. The molecule has 1 N–H and O–H groups in total. The zero-order valence-electron chi connectivity index (χ0n) is 15.5. The molecule has 0 aliphatic rings. The zero-order chi connectivity index (χ0) is 19.6. The normalized spacial score (nSPS) is 11.3. The van der Waals surface area contributed by atoms with E-state index in [0.717, 1.165) is 28.2 Å². The Labute approximate surface area is 155 Å². The molecule has 0 aliphatic heterocycles. The van der Waals surface area contributed by atoms with Crippen LogP contribution in [0.2, 0.25) is 0 Å². The third-order valence-electron chi connectivity index (χ3n) is 4.27. The van der Waals surface area contributed by atoms with Crippen molar-refractivity contribution < 1.29 is 13.6 Å². The summed E-state index contributed by atoms with van der Waals surface area (Å²) in [6.45, 7) is 5.60. The van der Waals surface area contributed by atoms with E-state index in [9.17, 15) is 13.6 Å². The minimum absolute atomic E-state index is 0.289. The van der Waals surface area contributed by atoms with Gasteiger partial charge in [-0.1, -0.05) is 0 Å². The van der Waals surface area contributed by atoms with Gasteiger partial charge < -0.3 is 9.88 Å². The zero-order valence-corrected chi connectivity index (χ0v) is 15.5. The van der Waals surface area contributed by atoms with Crippen LogP contribution in [-0.2, 0) is 13.0 Å². The molecule has 0 fully saturated rings. The number of aromatic nitrogens is 4. The fourth-order valence-corrected chi connectivity index (χ4v) is 2.98. The van der Waals surface area contributed by atoms with Gasteiger partial charge in [0.25, 0.3) is 12.3 Å². The van der Waals surface area contributed by atoms with Crippen LogP contribution in [0.15, 0.2) is 24.7 Å². The van der Waals surface area contributed by atoms with E-state index in [2.05, 4.69) is 20.3 Å². The first-order chi connectivity index (χ1) is 12.8. The van der Waals surface area contributed by atoms with E-state index in [-0.39, 0.29) is 5.56 Å². The van der Waals surface area contributed by atoms with E-state index < -0.39 is 18.9 Å². The molecule has 27 heavy (non-hydrogen) atoms. The van der Waals surface area contributed by atoms with Crippen LogP contribution in [0.1, 0.15) is 33.0 Å². The summed E-state index contributed by atoms with van der Waals surface area (Å²) in [4.78, 5) is 25.5. The van der Waals surface area contributed by atoms with Gasteiger partial charge in [-0.05, 0) is 32.4 Å². The number of hydrogen-bond donors (Lipinski definition) is 1. The van der Waals surface area contributed by atoms with Gasteiger partial charge in [0.1, 0.15) is 5.52 Å². The Kier molecular flexibility index (Phi) is 5.43. The highest BCUT2D eigenvalue weighted by Gasteiger charge is 2.18. The van der Waals surface area contributed by atoms with E-state index >= 15 is 0 Å². The quantitative estimate of drug-likeness (QED) is 0.721. The van der Waals surface area contributed by atoms with Crippen LogP contribution in [0, 0.1) is 20.8 Å². The standard InChI is InChI=1S/C19H21F2N5O/c1-11-6-16-18(23-7-11)14(19(27)24-9-17(20)21)10-26(16)5-4-15-13(3)25-12(2)8-22-15/h6-8,10,17H,4-5,9H2,1-3H3,(H,24,27). The molecule has 3 aromatic rings. The van der Waals surface area contributed by atoms with Crippen molar-refractivity contribution in [2.75, 3.05) is 6.54 Å². The molecular formula is C19H21F2N5O. The van der Waals surface area contributed by atoms with Gasteiger partial charge in [-0.25, -0.2) is 8.78 Å². The molecular weight excluding hydrogens is 352 g/mol. The molecule has 3 aromatic heterocycles. The lowest BCUT2D eigenvalue weighted by Crippen LogP contribution is -2.28. The predicted molar refractivity (Wildman–Crippen MR) is 98.0 cm³/mol. The molecule has 0 atom stereocenters. The Bertz CT molecular complexity index is 984. The van der Waals surface area contributed by atoms with Crippen LogP contribution in [0.5, 0.6) is 0 Å². The number of rotatable bonds is 6. The van der Waals surface area contributed by atoms with Crippen LogP contribution >= 0.6 is 0 Å².